The Morgan fingerprint density at radius 2 is 1.96 bits per heavy atom. The van der Waals surface area contributed by atoms with Gasteiger partial charge in [0, 0.05) is 19.1 Å². The van der Waals surface area contributed by atoms with Crippen LogP contribution in [0.5, 0.6) is 5.75 Å². The van der Waals surface area contributed by atoms with Gasteiger partial charge in [-0.3, -0.25) is 4.90 Å². The molecule has 3 atom stereocenters. The lowest BCUT2D eigenvalue weighted by molar-refractivity contribution is 0.0797. The molecule has 1 aliphatic heterocycles. The van der Waals surface area contributed by atoms with E-state index in [1.807, 2.05) is 6.07 Å². The van der Waals surface area contributed by atoms with Gasteiger partial charge in [0.25, 0.3) is 0 Å². The maximum Gasteiger partial charge on any atom is 0.119 e. The lowest BCUT2D eigenvalue weighted by atomic mass is 9.82. The van der Waals surface area contributed by atoms with Crippen molar-refractivity contribution in [3.63, 3.8) is 0 Å². The molecule has 134 valence electrons. The molecule has 0 saturated carbocycles. The van der Waals surface area contributed by atoms with Gasteiger partial charge < -0.3 is 4.74 Å². The number of likely N-dealkylation sites (tertiary alicyclic amines) is 1. The van der Waals surface area contributed by atoms with Gasteiger partial charge in [0.05, 0.1) is 7.11 Å². The zero-order valence-corrected chi connectivity index (χ0v) is 15.9. The van der Waals surface area contributed by atoms with Crippen molar-refractivity contribution in [2.24, 2.45) is 11.8 Å². The summed E-state index contributed by atoms with van der Waals surface area (Å²) in [5, 5.41) is 2.53. The van der Waals surface area contributed by atoms with Crippen LogP contribution in [0.1, 0.15) is 32.3 Å². The maximum atomic E-state index is 5.32. The minimum absolute atomic E-state index is 0.644. The summed E-state index contributed by atoms with van der Waals surface area (Å²) in [6.07, 6.45) is 5.83. The summed E-state index contributed by atoms with van der Waals surface area (Å²) in [6, 6.07) is 13.8. The second kappa shape index (κ2) is 8.05. The third-order valence-electron chi connectivity index (χ3n) is 5.99. The summed E-state index contributed by atoms with van der Waals surface area (Å²) >= 11 is 0. The molecule has 0 aliphatic carbocycles. The minimum atomic E-state index is 0.644. The van der Waals surface area contributed by atoms with E-state index in [1.165, 1.54) is 29.2 Å². The Balaban J connectivity index is 1.69. The summed E-state index contributed by atoms with van der Waals surface area (Å²) in [4.78, 5) is 2.67. The summed E-state index contributed by atoms with van der Waals surface area (Å²) in [7, 11) is 1.72. The highest BCUT2D eigenvalue weighted by Crippen LogP contribution is 2.30. The normalized spacial score (nSPS) is 24.4. The summed E-state index contributed by atoms with van der Waals surface area (Å²) in [6.45, 7) is 11.1. The standard InChI is InChI=1S/C23H31NO/c1-5-18-13-20(6-2)17(3)24(16-18)12-11-19-7-8-22-15-23(25-4)10-9-21(22)14-19/h5,7-10,14-15,17-18,20H,1,6,11-13,16H2,2-4H3. The smallest absolute Gasteiger partial charge is 0.119 e. The zero-order valence-electron chi connectivity index (χ0n) is 15.9. The molecule has 2 aromatic rings. The molecule has 3 unspecified atom stereocenters. The van der Waals surface area contributed by atoms with Crippen molar-refractivity contribution in [2.45, 2.75) is 39.2 Å². The van der Waals surface area contributed by atoms with Crippen molar-refractivity contribution in [1.82, 2.24) is 4.90 Å². The van der Waals surface area contributed by atoms with Gasteiger partial charge in [-0.05, 0) is 60.1 Å². The highest BCUT2D eigenvalue weighted by molar-refractivity contribution is 5.84. The molecule has 2 aromatic carbocycles. The van der Waals surface area contributed by atoms with Gasteiger partial charge in [-0.2, -0.15) is 0 Å². The van der Waals surface area contributed by atoms with Crippen molar-refractivity contribution in [1.29, 1.82) is 0 Å². The zero-order chi connectivity index (χ0) is 17.8. The van der Waals surface area contributed by atoms with Gasteiger partial charge >= 0.3 is 0 Å². The van der Waals surface area contributed by atoms with E-state index < -0.39 is 0 Å². The molecule has 1 fully saturated rings. The van der Waals surface area contributed by atoms with Crippen molar-refractivity contribution in [3.05, 3.63) is 54.6 Å². The quantitative estimate of drug-likeness (QED) is 0.662. The molecule has 3 rings (SSSR count). The number of benzene rings is 2. The van der Waals surface area contributed by atoms with E-state index in [-0.39, 0.29) is 0 Å². The predicted molar refractivity (Wildman–Crippen MR) is 107 cm³/mol. The maximum absolute atomic E-state index is 5.32. The second-order valence-electron chi connectivity index (χ2n) is 7.43. The predicted octanol–water partition coefficient (Wildman–Crippen LogP) is 5.31. The Bertz CT molecular complexity index is 723. The molecule has 25 heavy (non-hydrogen) atoms. The van der Waals surface area contributed by atoms with Crippen LogP contribution in [-0.4, -0.2) is 31.1 Å². The first-order valence-electron chi connectivity index (χ1n) is 9.58. The highest BCUT2D eigenvalue weighted by atomic mass is 16.5. The van der Waals surface area contributed by atoms with Crippen LogP contribution in [0, 0.1) is 11.8 Å². The van der Waals surface area contributed by atoms with Gasteiger partial charge in [-0.15, -0.1) is 6.58 Å². The number of fused-ring (bicyclic) bond motifs is 1. The van der Waals surface area contributed by atoms with Gasteiger partial charge in [0.15, 0.2) is 0 Å². The molecule has 0 spiro atoms. The van der Waals surface area contributed by atoms with E-state index in [1.54, 1.807) is 7.11 Å². The molecule has 1 saturated heterocycles. The number of ether oxygens (including phenoxy) is 1. The van der Waals surface area contributed by atoms with Crippen LogP contribution in [0.2, 0.25) is 0 Å². The van der Waals surface area contributed by atoms with Crippen LogP contribution >= 0.6 is 0 Å². The Morgan fingerprint density at radius 3 is 2.68 bits per heavy atom. The van der Waals surface area contributed by atoms with E-state index in [4.69, 9.17) is 4.74 Å². The third-order valence-corrected chi connectivity index (χ3v) is 5.99. The SMILES string of the molecule is C=CC1CC(CC)C(C)N(CCc2ccc3cc(OC)ccc3c2)C1. The molecule has 0 radical (unpaired) electrons. The Hall–Kier alpha value is -1.80. The largest absolute Gasteiger partial charge is 0.497 e. The molecular weight excluding hydrogens is 306 g/mol. The lowest BCUT2D eigenvalue weighted by Gasteiger charge is -2.42. The van der Waals surface area contributed by atoms with E-state index in [0.717, 1.165) is 31.2 Å². The first-order chi connectivity index (χ1) is 12.1. The molecule has 0 bridgehead atoms. The van der Waals surface area contributed by atoms with Gasteiger partial charge in [0.1, 0.15) is 5.75 Å². The van der Waals surface area contributed by atoms with Gasteiger partial charge in [0.2, 0.25) is 0 Å². The van der Waals surface area contributed by atoms with Crippen molar-refractivity contribution in [3.8, 4) is 5.75 Å². The molecular formula is C23H31NO. The highest BCUT2D eigenvalue weighted by Gasteiger charge is 2.30. The van der Waals surface area contributed by atoms with Crippen LogP contribution in [0.25, 0.3) is 10.8 Å². The number of methoxy groups -OCH3 is 1. The second-order valence-corrected chi connectivity index (χ2v) is 7.43. The van der Waals surface area contributed by atoms with Gasteiger partial charge in [-0.1, -0.05) is 43.7 Å². The fourth-order valence-corrected chi connectivity index (χ4v) is 4.23. The molecule has 1 aliphatic rings. The third kappa shape index (κ3) is 4.07. The molecule has 0 N–H and O–H groups in total. The number of hydrogen-bond donors (Lipinski definition) is 0. The first kappa shape index (κ1) is 18.0. The number of rotatable bonds is 6. The van der Waals surface area contributed by atoms with Crippen LogP contribution < -0.4 is 4.74 Å². The Labute approximate surface area is 152 Å². The van der Waals surface area contributed by atoms with Crippen molar-refractivity contribution >= 4 is 10.8 Å². The summed E-state index contributed by atoms with van der Waals surface area (Å²) in [5.41, 5.74) is 1.42. The Kier molecular flexibility index (Phi) is 5.80. The van der Waals surface area contributed by atoms with Gasteiger partial charge in [-0.25, -0.2) is 0 Å². The molecule has 0 aromatic heterocycles. The summed E-state index contributed by atoms with van der Waals surface area (Å²) in [5.74, 6) is 2.36. The van der Waals surface area contributed by atoms with E-state index in [0.29, 0.717) is 12.0 Å². The fraction of sp³-hybridized carbons (Fsp3) is 0.478. The summed E-state index contributed by atoms with van der Waals surface area (Å²) < 4.78 is 5.32. The Morgan fingerprint density at radius 1 is 1.20 bits per heavy atom. The molecule has 2 nitrogen and oxygen atoms in total. The molecule has 1 heterocycles. The van der Waals surface area contributed by atoms with E-state index in [2.05, 4.69) is 61.7 Å². The van der Waals surface area contributed by atoms with E-state index >= 15 is 0 Å². The number of hydrogen-bond acceptors (Lipinski definition) is 2. The van der Waals surface area contributed by atoms with E-state index in [9.17, 15) is 0 Å². The fourth-order valence-electron chi connectivity index (χ4n) is 4.23. The number of nitrogens with zero attached hydrogens (tertiary/aromatic N) is 1. The van der Waals surface area contributed by atoms with Crippen LogP contribution in [0.15, 0.2) is 49.1 Å². The molecule has 0 amide bonds. The lowest BCUT2D eigenvalue weighted by Crippen LogP contribution is -2.47. The first-order valence-corrected chi connectivity index (χ1v) is 9.58. The number of piperidine rings is 1. The topological polar surface area (TPSA) is 12.5 Å². The van der Waals surface area contributed by atoms with Crippen LogP contribution in [0.4, 0.5) is 0 Å². The van der Waals surface area contributed by atoms with Crippen molar-refractivity contribution < 1.29 is 4.74 Å². The van der Waals surface area contributed by atoms with Crippen molar-refractivity contribution in [2.75, 3.05) is 20.2 Å². The average Bonchev–Trinajstić information content (AvgIpc) is 2.66. The van der Waals surface area contributed by atoms with Crippen LogP contribution in [-0.2, 0) is 6.42 Å². The molecule has 2 heteroatoms. The van der Waals surface area contributed by atoms with Crippen LogP contribution in [0.3, 0.4) is 0 Å². The minimum Gasteiger partial charge on any atom is -0.497 e. The average molecular weight is 338 g/mol. The monoisotopic (exact) mass is 337 g/mol.